The maximum atomic E-state index is 12.2. The van der Waals surface area contributed by atoms with Gasteiger partial charge in [-0.1, -0.05) is 30.7 Å². The molecule has 3 rings (SSSR count). The van der Waals surface area contributed by atoms with E-state index in [1.807, 2.05) is 20.8 Å². The van der Waals surface area contributed by atoms with E-state index >= 15 is 0 Å². The number of carbonyl (C=O) groups is 1. The zero-order valence-electron chi connectivity index (χ0n) is 15.9. The number of fused-ring (bicyclic) bond motifs is 1. The van der Waals surface area contributed by atoms with Crippen molar-refractivity contribution in [3.05, 3.63) is 35.4 Å². The Labute approximate surface area is 151 Å². The summed E-state index contributed by atoms with van der Waals surface area (Å²) >= 11 is 0. The van der Waals surface area contributed by atoms with Crippen LogP contribution in [0.1, 0.15) is 76.5 Å². The van der Waals surface area contributed by atoms with Crippen LogP contribution in [-0.2, 0) is 11.2 Å². The van der Waals surface area contributed by atoms with Gasteiger partial charge in [-0.2, -0.15) is 0 Å². The number of benzene rings is 1. The lowest BCUT2D eigenvalue weighted by atomic mass is 9.76. The Balaban J connectivity index is 1.62. The molecule has 2 N–H and O–H groups in total. The summed E-state index contributed by atoms with van der Waals surface area (Å²) in [5, 5.41) is 6.90. The van der Waals surface area contributed by atoms with E-state index in [2.05, 4.69) is 34.9 Å². The van der Waals surface area contributed by atoms with E-state index in [1.165, 1.54) is 43.2 Å². The third-order valence-corrected chi connectivity index (χ3v) is 5.38. The molecule has 4 nitrogen and oxygen atoms in total. The average Bonchev–Trinajstić information content (AvgIpc) is 2.70. The molecule has 4 heteroatoms. The SMILES string of the molecule is CC(C)(C)OC(=O)NC1(CNC2CCCCc3ccccc32)CCC1. The fraction of sp³-hybridized carbons (Fsp3) is 0.667. The summed E-state index contributed by atoms with van der Waals surface area (Å²) in [4.78, 5) is 12.2. The minimum absolute atomic E-state index is 0.149. The second-order valence-corrected chi connectivity index (χ2v) is 8.64. The molecule has 0 aromatic heterocycles. The number of amides is 1. The molecule has 1 amide bonds. The zero-order valence-corrected chi connectivity index (χ0v) is 15.9. The van der Waals surface area contributed by atoms with Gasteiger partial charge in [0.2, 0.25) is 0 Å². The standard InChI is InChI=1S/C21H32N2O2/c1-20(2,3)25-19(24)23-21(13-8-14-21)15-22-18-12-7-5-10-16-9-4-6-11-17(16)18/h4,6,9,11,18,22H,5,7-8,10,12-15H2,1-3H3,(H,23,24). The maximum Gasteiger partial charge on any atom is 0.408 e. The predicted octanol–water partition coefficient (Wildman–Crippen LogP) is 4.49. The summed E-state index contributed by atoms with van der Waals surface area (Å²) in [5.74, 6) is 0. The van der Waals surface area contributed by atoms with Crippen molar-refractivity contribution < 1.29 is 9.53 Å². The molecule has 0 aliphatic heterocycles. The van der Waals surface area contributed by atoms with E-state index in [9.17, 15) is 4.79 Å². The van der Waals surface area contributed by atoms with Crippen molar-refractivity contribution in [2.24, 2.45) is 0 Å². The molecular formula is C21H32N2O2. The minimum Gasteiger partial charge on any atom is -0.444 e. The van der Waals surface area contributed by atoms with Gasteiger partial charge in [0.25, 0.3) is 0 Å². The number of aryl methyl sites for hydroxylation is 1. The zero-order chi connectivity index (χ0) is 17.9. The van der Waals surface area contributed by atoms with Crippen LogP contribution < -0.4 is 10.6 Å². The smallest absolute Gasteiger partial charge is 0.408 e. The van der Waals surface area contributed by atoms with Gasteiger partial charge in [-0.25, -0.2) is 4.79 Å². The lowest BCUT2D eigenvalue weighted by molar-refractivity contribution is 0.0378. The molecule has 1 unspecified atom stereocenters. The highest BCUT2D eigenvalue weighted by Gasteiger charge is 2.40. The summed E-state index contributed by atoms with van der Waals surface area (Å²) in [6.07, 6.45) is 7.76. The van der Waals surface area contributed by atoms with Gasteiger partial charge in [-0.3, -0.25) is 0 Å². The van der Waals surface area contributed by atoms with Crippen LogP contribution >= 0.6 is 0 Å². The van der Waals surface area contributed by atoms with E-state index in [0.29, 0.717) is 6.04 Å². The van der Waals surface area contributed by atoms with Gasteiger partial charge in [-0.05, 0) is 70.4 Å². The Morgan fingerprint density at radius 2 is 1.96 bits per heavy atom. The third kappa shape index (κ3) is 4.75. The normalized spacial score (nSPS) is 22.3. The van der Waals surface area contributed by atoms with Gasteiger partial charge in [0.15, 0.2) is 0 Å². The van der Waals surface area contributed by atoms with Crippen molar-refractivity contribution in [1.82, 2.24) is 10.6 Å². The van der Waals surface area contributed by atoms with E-state index in [1.54, 1.807) is 0 Å². The van der Waals surface area contributed by atoms with Crippen molar-refractivity contribution in [2.45, 2.75) is 82.9 Å². The van der Waals surface area contributed by atoms with Gasteiger partial charge >= 0.3 is 6.09 Å². The van der Waals surface area contributed by atoms with Gasteiger partial charge in [0.05, 0.1) is 5.54 Å². The summed E-state index contributed by atoms with van der Waals surface area (Å²) in [6, 6.07) is 9.17. The summed E-state index contributed by atoms with van der Waals surface area (Å²) in [5.41, 5.74) is 2.30. The predicted molar refractivity (Wildman–Crippen MR) is 101 cm³/mol. The lowest BCUT2D eigenvalue weighted by Crippen LogP contribution is -2.60. The van der Waals surface area contributed by atoms with Gasteiger partial charge < -0.3 is 15.4 Å². The summed E-state index contributed by atoms with van der Waals surface area (Å²) in [6.45, 7) is 6.52. The number of rotatable bonds is 4. The fourth-order valence-electron chi connectivity index (χ4n) is 3.92. The second-order valence-electron chi connectivity index (χ2n) is 8.64. The van der Waals surface area contributed by atoms with Crippen molar-refractivity contribution in [3.63, 3.8) is 0 Å². The third-order valence-electron chi connectivity index (χ3n) is 5.38. The van der Waals surface area contributed by atoms with Crippen molar-refractivity contribution >= 4 is 6.09 Å². The highest BCUT2D eigenvalue weighted by atomic mass is 16.6. The molecule has 0 bridgehead atoms. The van der Waals surface area contributed by atoms with Crippen LogP contribution in [0, 0.1) is 0 Å². The molecule has 1 saturated carbocycles. The molecular weight excluding hydrogens is 312 g/mol. The Bertz CT molecular complexity index is 602. The second kappa shape index (κ2) is 7.36. The highest BCUT2D eigenvalue weighted by Crippen LogP contribution is 2.34. The van der Waals surface area contributed by atoms with Crippen molar-refractivity contribution in [1.29, 1.82) is 0 Å². The first kappa shape index (κ1) is 18.2. The van der Waals surface area contributed by atoms with Gasteiger partial charge in [0.1, 0.15) is 5.60 Å². The first-order chi connectivity index (χ1) is 11.9. The molecule has 2 aliphatic rings. The molecule has 0 saturated heterocycles. The van der Waals surface area contributed by atoms with E-state index in [-0.39, 0.29) is 11.6 Å². The summed E-state index contributed by atoms with van der Waals surface area (Å²) in [7, 11) is 0. The monoisotopic (exact) mass is 344 g/mol. The van der Waals surface area contributed by atoms with Crippen LogP contribution in [-0.4, -0.2) is 23.8 Å². The molecule has 1 atom stereocenters. The molecule has 0 spiro atoms. The van der Waals surface area contributed by atoms with Crippen LogP contribution in [0.3, 0.4) is 0 Å². The Morgan fingerprint density at radius 1 is 1.20 bits per heavy atom. The first-order valence-corrected chi connectivity index (χ1v) is 9.69. The molecule has 0 heterocycles. The quantitative estimate of drug-likeness (QED) is 0.791. The van der Waals surface area contributed by atoms with E-state index in [4.69, 9.17) is 4.74 Å². The number of alkyl carbamates (subject to hydrolysis) is 1. The molecule has 1 aromatic carbocycles. The molecule has 0 radical (unpaired) electrons. The minimum atomic E-state index is -0.456. The fourth-order valence-corrected chi connectivity index (χ4v) is 3.92. The van der Waals surface area contributed by atoms with E-state index < -0.39 is 5.60 Å². The van der Waals surface area contributed by atoms with Crippen LogP contribution in [0.4, 0.5) is 4.79 Å². The Kier molecular flexibility index (Phi) is 5.38. The van der Waals surface area contributed by atoms with Crippen LogP contribution in [0.25, 0.3) is 0 Å². The highest BCUT2D eigenvalue weighted by molar-refractivity contribution is 5.69. The van der Waals surface area contributed by atoms with Crippen molar-refractivity contribution in [3.8, 4) is 0 Å². The molecule has 2 aliphatic carbocycles. The largest absolute Gasteiger partial charge is 0.444 e. The number of carbonyl (C=O) groups excluding carboxylic acids is 1. The maximum absolute atomic E-state index is 12.2. The Hall–Kier alpha value is -1.55. The molecule has 138 valence electrons. The van der Waals surface area contributed by atoms with Gasteiger partial charge in [0, 0.05) is 12.6 Å². The van der Waals surface area contributed by atoms with Crippen LogP contribution in [0.2, 0.25) is 0 Å². The number of ether oxygens (including phenoxy) is 1. The van der Waals surface area contributed by atoms with E-state index in [0.717, 1.165) is 19.4 Å². The number of hydrogen-bond donors (Lipinski definition) is 2. The lowest BCUT2D eigenvalue weighted by Gasteiger charge is -2.43. The Morgan fingerprint density at radius 3 is 2.64 bits per heavy atom. The molecule has 25 heavy (non-hydrogen) atoms. The number of hydrogen-bond acceptors (Lipinski definition) is 3. The van der Waals surface area contributed by atoms with Crippen LogP contribution in [0.15, 0.2) is 24.3 Å². The first-order valence-electron chi connectivity index (χ1n) is 9.69. The average molecular weight is 344 g/mol. The molecule has 1 fully saturated rings. The van der Waals surface area contributed by atoms with Crippen molar-refractivity contribution in [2.75, 3.05) is 6.54 Å². The summed E-state index contributed by atoms with van der Waals surface area (Å²) < 4.78 is 5.46. The molecule has 1 aromatic rings. The van der Waals surface area contributed by atoms with Crippen LogP contribution in [0.5, 0.6) is 0 Å². The number of nitrogens with one attached hydrogen (secondary N) is 2. The van der Waals surface area contributed by atoms with Gasteiger partial charge in [-0.15, -0.1) is 0 Å². The topological polar surface area (TPSA) is 50.4 Å².